The van der Waals surface area contributed by atoms with Crippen molar-refractivity contribution in [3.05, 3.63) is 53.1 Å². The van der Waals surface area contributed by atoms with E-state index in [9.17, 15) is 9.90 Å². The number of carbonyl (C=O) groups is 1. The van der Waals surface area contributed by atoms with Gasteiger partial charge in [-0.3, -0.25) is 4.79 Å². The van der Waals surface area contributed by atoms with Crippen molar-refractivity contribution < 1.29 is 14.6 Å². The second-order valence-electron chi connectivity index (χ2n) is 8.39. The molecule has 3 aliphatic rings. The smallest absolute Gasteiger partial charge is 0.315 e. The highest BCUT2D eigenvalue weighted by Gasteiger charge is 2.37. The molecule has 0 radical (unpaired) electrons. The van der Waals surface area contributed by atoms with E-state index >= 15 is 0 Å². The molecule has 1 N–H and O–H groups in total. The highest BCUT2D eigenvalue weighted by Crippen LogP contribution is 2.50. The molecule has 2 aliphatic heterocycles. The molecule has 1 aliphatic carbocycles. The Bertz CT molecular complexity index is 895. The number of carboxylic acid groups (broad SMARTS) is 1. The Balaban J connectivity index is 1.69. The van der Waals surface area contributed by atoms with Gasteiger partial charge in [0, 0.05) is 36.0 Å². The number of nitrogens with zero attached hydrogens (tertiary/aromatic N) is 1. The molecular formula is C24H27NO3. The van der Waals surface area contributed by atoms with Crippen LogP contribution >= 0.6 is 0 Å². The molecule has 1 saturated carbocycles. The lowest BCUT2D eigenvalue weighted by molar-refractivity contribution is -0.137. The lowest BCUT2D eigenvalue weighted by atomic mass is 9.76. The van der Waals surface area contributed by atoms with Gasteiger partial charge in [-0.15, -0.1) is 0 Å². The molecule has 0 bridgehead atoms. The summed E-state index contributed by atoms with van der Waals surface area (Å²) in [5, 5.41) is 10.2. The maximum atomic E-state index is 12.4. The van der Waals surface area contributed by atoms with Gasteiger partial charge in [-0.2, -0.15) is 0 Å². The van der Waals surface area contributed by atoms with Crippen molar-refractivity contribution in [3.8, 4) is 11.5 Å². The lowest BCUT2D eigenvalue weighted by Crippen LogP contribution is -2.24. The first-order valence-corrected chi connectivity index (χ1v) is 10.6. The third-order valence-corrected chi connectivity index (χ3v) is 6.66. The van der Waals surface area contributed by atoms with Crippen LogP contribution in [0.2, 0.25) is 0 Å². The van der Waals surface area contributed by atoms with Crippen LogP contribution < -0.4 is 9.64 Å². The van der Waals surface area contributed by atoms with Gasteiger partial charge in [0.1, 0.15) is 17.4 Å². The van der Waals surface area contributed by atoms with E-state index in [1.54, 1.807) is 0 Å². The summed E-state index contributed by atoms with van der Waals surface area (Å²) < 4.78 is 6.30. The van der Waals surface area contributed by atoms with Crippen molar-refractivity contribution >= 4 is 11.7 Å². The fourth-order valence-corrected chi connectivity index (χ4v) is 5.28. The minimum Gasteiger partial charge on any atom is -0.481 e. The van der Waals surface area contributed by atoms with Gasteiger partial charge >= 0.3 is 5.97 Å². The summed E-state index contributed by atoms with van der Waals surface area (Å²) in [6.07, 6.45) is 8.46. The largest absolute Gasteiger partial charge is 0.481 e. The number of hydrogen-bond donors (Lipinski definition) is 1. The van der Waals surface area contributed by atoms with E-state index < -0.39 is 11.9 Å². The molecule has 5 rings (SSSR count). The van der Waals surface area contributed by atoms with Gasteiger partial charge in [0.25, 0.3) is 0 Å². The van der Waals surface area contributed by atoms with Crippen molar-refractivity contribution in [3.63, 3.8) is 0 Å². The number of anilines is 1. The molecule has 1 saturated heterocycles. The van der Waals surface area contributed by atoms with Crippen molar-refractivity contribution in [2.24, 2.45) is 0 Å². The minimum atomic E-state index is -0.789. The fraction of sp³-hybridized carbons (Fsp3) is 0.458. The van der Waals surface area contributed by atoms with Gasteiger partial charge in [0.15, 0.2) is 0 Å². The van der Waals surface area contributed by atoms with Crippen LogP contribution in [0.25, 0.3) is 0 Å². The van der Waals surface area contributed by atoms with E-state index in [2.05, 4.69) is 17.0 Å². The Morgan fingerprint density at radius 1 is 0.929 bits per heavy atom. The summed E-state index contributed by atoms with van der Waals surface area (Å²) in [6.45, 7) is 2.14. The van der Waals surface area contributed by atoms with Crippen molar-refractivity contribution in [1.82, 2.24) is 0 Å². The SMILES string of the molecule is O=C(O)C1c2ccccc2Oc2cc(N3CCCC3)cc(C3CCCCC3)c21. The van der Waals surface area contributed by atoms with Crippen LogP contribution in [0.5, 0.6) is 11.5 Å². The summed E-state index contributed by atoms with van der Waals surface area (Å²) in [4.78, 5) is 14.8. The molecule has 0 amide bonds. The summed E-state index contributed by atoms with van der Waals surface area (Å²) in [6, 6.07) is 12.0. The second-order valence-corrected chi connectivity index (χ2v) is 8.39. The van der Waals surface area contributed by atoms with Crippen molar-refractivity contribution in [2.75, 3.05) is 18.0 Å². The Labute approximate surface area is 166 Å². The molecule has 28 heavy (non-hydrogen) atoms. The monoisotopic (exact) mass is 377 g/mol. The van der Waals surface area contributed by atoms with Gasteiger partial charge in [-0.05, 0) is 49.3 Å². The van der Waals surface area contributed by atoms with Crippen LogP contribution in [0.4, 0.5) is 5.69 Å². The zero-order valence-electron chi connectivity index (χ0n) is 16.2. The van der Waals surface area contributed by atoms with Crippen LogP contribution in [-0.4, -0.2) is 24.2 Å². The predicted octanol–water partition coefficient (Wildman–Crippen LogP) is 5.66. The molecule has 4 nitrogen and oxygen atoms in total. The summed E-state index contributed by atoms with van der Waals surface area (Å²) in [7, 11) is 0. The topological polar surface area (TPSA) is 49.8 Å². The average Bonchev–Trinajstić information content (AvgIpc) is 3.26. The highest BCUT2D eigenvalue weighted by molar-refractivity contribution is 5.85. The number of fused-ring (bicyclic) bond motifs is 2. The molecule has 2 fully saturated rings. The standard InChI is InChI=1S/C24H27NO3/c26-24(27)23-18-10-4-5-11-20(18)28-21-15-17(25-12-6-7-13-25)14-19(22(21)23)16-8-2-1-3-9-16/h4-5,10-11,14-16,23H,1-3,6-9,12-13H2,(H,26,27). The van der Waals surface area contributed by atoms with Gasteiger partial charge in [-0.1, -0.05) is 37.5 Å². The zero-order chi connectivity index (χ0) is 19.1. The minimum absolute atomic E-state index is 0.431. The molecule has 1 atom stereocenters. The van der Waals surface area contributed by atoms with Crippen LogP contribution in [-0.2, 0) is 4.79 Å². The second kappa shape index (κ2) is 7.16. The number of hydrogen-bond acceptors (Lipinski definition) is 3. The number of para-hydroxylation sites is 1. The van der Waals surface area contributed by atoms with Crippen LogP contribution in [0.3, 0.4) is 0 Å². The van der Waals surface area contributed by atoms with E-state index in [1.807, 2.05) is 24.3 Å². The predicted molar refractivity (Wildman–Crippen MR) is 110 cm³/mol. The molecule has 0 aromatic heterocycles. The third kappa shape index (κ3) is 2.95. The van der Waals surface area contributed by atoms with Gasteiger partial charge in [-0.25, -0.2) is 0 Å². The van der Waals surface area contributed by atoms with E-state index in [1.165, 1.54) is 43.4 Å². The quantitative estimate of drug-likeness (QED) is 0.750. The fourth-order valence-electron chi connectivity index (χ4n) is 5.28. The lowest BCUT2D eigenvalue weighted by Gasteiger charge is -2.33. The molecule has 4 heteroatoms. The van der Waals surface area contributed by atoms with Crippen LogP contribution in [0.15, 0.2) is 36.4 Å². The van der Waals surface area contributed by atoms with Gasteiger partial charge in [0.2, 0.25) is 0 Å². The van der Waals surface area contributed by atoms with E-state index in [-0.39, 0.29) is 0 Å². The van der Waals surface area contributed by atoms with E-state index in [0.717, 1.165) is 42.8 Å². The van der Waals surface area contributed by atoms with E-state index in [0.29, 0.717) is 11.7 Å². The van der Waals surface area contributed by atoms with Crippen LogP contribution in [0.1, 0.15) is 73.5 Å². The Morgan fingerprint density at radius 2 is 1.68 bits per heavy atom. The van der Waals surface area contributed by atoms with E-state index in [4.69, 9.17) is 4.74 Å². The van der Waals surface area contributed by atoms with Crippen molar-refractivity contribution in [1.29, 1.82) is 0 Å². The number of benzene rings is 2. The molecule has 1 unspecified atom stereocenters. The first-order chi connectivity index (χ1) is 13.7. The molecular weight excluding hydrogens is 350 g/mol. The first-order valence-electron chi connectivity index (χ1n) is 10.6. The average molecular weight is 377 g/mol. The Kier molecular flexibility index (Phi) is 4.50. The number of rotatable bonds is 3. The normalized spacial score (nSPS) is 21.7. The molecule has 2 heterocycles. The molecule has 2 aromatic carbocycles. The first kappa shape index (κ1) is 17.6. The maximum absolute atomic E-state index is 12.4. The van der Waals surface area contributed by atoms with Crippen LogP contribution in [0, 0.1) is 0 Å². The zero-order valence-corrected chi connectivity index (χ0v) is 16.2. The summed E-state index contributed by atoms with van der Waals surface area (Å²) >= 11 is 0. The Hall–Kier alpha value is -2.49. The third-order valence-electron chi connectivity index (χ3n) is 6.66. The van der Waals surface area contributed by atoms with Crippen molar-refractivity contribution in [2.45, 2.75) is 56.8 Å². The molecule has 2 aromatic rings. The summed E-state index contributed by atoms with van der Waals surface area (Å²) in [5.41, 5.74) is 4.07. The number of ether oxygens (including phenoxy) is 1. The molecule has 0 spiro atoms. The number of aliphatic carboxylic acids is 1. The Morgan fingerprint density at radius 3 is 2.43 bits per heavy atom. The van der Waals surface area contributed by atoms with Gasteiger partial charge < -0.3 is 14.7 Å². The summed E-state index contributed by atoms with van der Waals surface area (Å²) in [5.74, 6) is 0.417. The maximum Gasteiger partial charge on any atom is 0.315 e. The molecule has 146 valence electrons. The van der Waals surface area contributed by atoms with Gasteiger partial charge in [0.05, 0.1) is 0 Å². The highest BCUT2D eigenvalue weighted by atomic mass is 16.5. The number of carboxylic acids is 1.